The van der Waals surface area contributed by atoms with Crippen molar-refractivity contribution >= 4 is 23.4 Å². The first-order chi connectivity index (χ1) is 16.2. The van der Waals surface area contributed by atoms with Gasteiger partial charge in [0.2, 0.25) is 5.95 Å². The van der Waals surface area contributed by atoms with Crippen molar-refractivity contribution in [1.29, 1.82) is 0 Å². The number of anilines is 3. The number of hydrogen-bond acceptors (Lipinski definition) is 6. The zero-order valence-electron chi connectivity index (χ0n) is 18.7. The lowest BCUT2D eigenvalue weighted by Crippen LogP contribution is -2.37. The van der Waals surface area contributed by atoms with E-state index in [9.17, 15) is 22.8 Å². The highest BCUT2D eigenvalue weighted by Gasteiger charge is 2.32. The minimum atomic E-state index is -4.91. The number of nitrogens with two attached hydrogens (primary N) is 1. The molecule has 2 amide bonds. The molecule has 1 saturated heterocycles. The van der Waals surface area contributed by atoms with Gasteiger partial charge in [0.1, 0.15) is 5.69 Å². The fourth-order valence-electron chi connectivity index (χ4n) is 3.94. The molecule has 9 nitrogen and oxygen atoms in total. The van der Waals surface area contributed by atoms with Crippen LogP contribution in [0.5, 0.6) is 5.75 Å². The quantitative estimate of drug-likeness (QED) is 0.400. The third-order valence-corrected chi connectivity index (χ3v) is 5.65. The number of alkyl halides is 3. The summed E-state index contributed by atoms with van der Waals surface area (Å²) in [5.74, 6) is -0.0603. The smallest absolute Gasteiger partial charge is 0.404 e. The van der Waals surface area contributed by atoms with Gasteiger partial charge in [-0.25, -0.2) is 9.78 Å². The van der Waals surface area contributed by atoms with E-state index < -0.39 is 23.7 Å². The van der Waals surface area contributed by atoms with Gasteiger partial charge in [-0.2, -0.15) is 0 Å². The van der Waals surface area contributed by atoms with Crippen molar-refractivity contribution in [3.05, 3.63) is 40.8 Å². The SMILES string of the molecule is NCCCCCC1CCN(c2cnc(NC(=O)Nc3ccccc3OC(F)(F)F)[nH]c2=O)CC1. The number of aromatic amines is 1. The normalized spacial score (nSPS) is 14.6. The van der Waals surface area contributed by atoms with Crippen LogP contribution in [0.1, 0.15) is 38.5 Å². The number of aromatic nitrogens is 2. The van der Waals surface area contributed by atoms with E-state index in [-0.39, 0.29) is 11.6 Å². The first-order valence-corrected chi connectivity index (χ1v) is 11.2. The highest BCUT2D eigenvalue weighted by molar-refractivity contribution is 5.99. The number of ether oxygens (including phenoxy) is 1. The van der Waals surface area contributed by atoms with Gasteiger partial charge in [-0.1, -0.05) is 31.4 Å². The second kappa shape index (κ2) is 11.7. The summed E-state index contributed by atoms with van der Waals surface area (Å²) < 4.78 is 41.5. The highest BCUT2D eigenvalue weighted by Crippen LogP contribution is 2.30. The third-order valence-electron chi connectivity index (χ3n) is 5.65. The minimum absolute atomic E-state index is 0.129. The Hall–Kier alpha value is -3.28. The number of nitrogens with one attached hydrogen (secondary N) is 3. The number of carbonyl (C=O) groups is 1. The maximum atomic E-state index is 12.5. The number of rotatable bonds is 9. The lowest BCUT2D eigenvalue weighted by Gasteiger charge is -2.32. The fourth-order valence-corrected chi connectivity index (χ4v) is 3.94. The molecule has 2 heterocycles. The van der Waals surface area contributed by atoms with E-state index in [1.54, 1.807) is 0 Å². The molecule has 186 valence electrons. The molecule has 2 aromatic rings. The van der Waals surface area contributed by atoms with Crippen molar-refractivity contribution in [2.45, 2.75) is 44.9 Å². The van der Waals surface area contributed by atoms with Crippen LogP contribution in [0.4, 0.5) is 35.3 Å². The molecule has 1 fully saturated rings. The van der Waals surface area contributed by atoms with Gasteiger partial charge in [-0.15, -0.1) is 13.2 Å². The monoisotopic (exact) mass is 482 g/mol. The first-order valence-electron chi connectivity index (χ1n) is 11.2. The van der Waals surface area contributed by atoms with Gasteiger partial charge in [0.15, 0.2) is 5.75 Å². The van der Waals surface area contributed by atoms with Crippen molar-refractivity contribution in [3.63, 3.8) is 0 Å². The second-order valence-corrected chi connectivity index (χ2v) is 8.14. The number of H-pyrrole nitrogens is 1. The van der Waals surface area contributed by atoms with E-state index in [1.165, 1.54) is 30.8 Å². The number of amides is 2. The van der Waals surface area contributed by atoms with Gasteiger partial charge in [-0.05, 0) is 43.9 Å². The number of urea groups is 1. The molecule has 0 atom stereocenters. The zero-order chi connectivity index (χ0) is 24.6. The largest absolute Gasteiger partial charge is 0.573 e. The van der Waals surface area contributed by atoms with Crippen LogP contribution in [0.15, 0.2) is 35.3 Å². The summed E-state index contributed by atoms with van der Waals surface area (Å²) in [5.41, 5.74) is 5.34. The minimum Gasteiger partial charge on any atom is -0.404 e. The van der Waals surface area contributed by atoms with Crippen molar-refractivity contribution < 1.29 is 22.7 Å². The Morgan fingerprint density at radius 2 is 1.91 bits per heavy atom. The molecule has 0 spiro atoms. The van der Waals surface area contributed by atoms with Gasteiger partial charge in [-0.3, -0.25) is 15.1 Å². The Balaban J connectivity index is 1.54. The number of carbonyl (C=O) groups excluding carboxylic acids is 1. The average Bonchev–Trinajstić information content (AvgIpc) is 2.78. The molecule has 1 aliphatic rings. The molecule has 1 aromatic carbocycles. The Morgan fingerprint density at radius 3 is 2.59 bits per heavy atom. The fraction of sp³-hybridized carbons (Fsp3) is 0.500. The zero-order valence-corrected chi connectivity index (χ0v) is 18.7. The Bertz CT molecular complexity index is 1010. The standard InChI is InChI=1S/C22H29F3N6O3/c23-22(24,25)34-18-8-4-3-7-16(18)28-21(33)30-20-27-14-17(19(32)29-20)31-12-9-15(10-13-31)6-2-1-5-11-26/h3-4,7-8,14-15H,1-2,5-6,9-13,26H2,(H3,27,28,29,30,32,33). The predicted molar refractivity (Wildman–Crippen MR) is 123 cm³/mol. The van der Waals surface area contributed by atoms with E-state index in [0.717, 1.165) is 57.8 Å². The van der Waals surface area contributed by atoms with Gasteiger partial charge in [0.25, 0.3) is 5.56 Å². The highest BCUT2D eigenvalue weighted by atomic mass is 19.4. The Kier molecular flexibility index (Phi) is 8.74. The van der Waals surface area contributed by atoms with Gasteiger partial charge < -0.3 is 20.7 Å². The molecule has 1 aromatic heterocycles. The van der Waals surface area contributed by atoms with Crippen LogP contribution in [0.25, 0.3) is 0 Å². The maximum absolute atomic E-state index is 12.5. The van der Waals surface area contributed by atoms with E-state index >= 15 is 0 Å². The summed E-state index contributed by atoms with van der Waals surface area (Å²) >= 11 is 0. The number of halogens is 3. The lowest BCUT2D eigenvalue weighted by molar-refractivity contribution is -0.274. The Labute approximate surface area is 194 Å². The summed E-state index contributed by atoms with van der Waals surface area (Å²) in [5, 5.41) is 4.57. The Morgan fingerprint density at radius 1 is 1.18 bits per heavy atom. The van der Waals surface area contributed by atoms with Crippen LogP contribution >= 0.6 is 0 Å². The molecule has 3 rings (SSSR count). The predicted octanol–water partition coefficient (Wildman–Crippen LogP) is 4.05. The number of piperidine rings is 1. The number of para-hydroxylation sites is 2. The molecule has 0 saturated carbocycles. The van der Waals surface area contributed by atoms with Gasteiger partial charge in [0.05, 0.1) is 11.9 Å². The number of benzene rings is 1. The average molecular weight is 483 g/mol. The van der Waals surface area contributed by atoms with Gasteiger partial charge >= 0.3 is 12.4 Å². The van der Waals surface area contributed by atoms with Crippen molar-refractivity contribution in [2.75, 3.05) is 35.2 Å². The molecular formula is C22H29F3N6O3. The van der Waals surface area contributed by atoms with Crippen LogP contribution in [0, 0.1) is 5.92 Å². The molecule has 0 bridgehead atoms. The lowest BCUT2D eigenvalue weighted by atomic mass is 9.91. The molecular weight excluding hydrogens is 453 g/mol. The van der Waals surface area contributed by atoms with E-state index in [0.29, 0.717) is 11.6 Å². The molecule has 0 unspecified atom stereocenters. The summed E-state index contributed by atoms with van der Waals surface area (Å²) in [6.45, 7) is 2.21. The molecule has 0 radical (unpaired) electrons. The van der Waals surface area contributed by atoms with E-state index in [4.69, 9.17) is 5.73 Å². The van der Waals surface area contributed by atoms with Gasteiger partial charge in [0, 0.05) is 13.1 Å². The number of hydrogen-bond donors (Lipinski definition) is 4. The topological polar surface area (TPSA) is 125 Å². The second-order valence-electron chi connectivity index (χ2n) is 8.14. The number of unbranched alkanes of at least 4 members (excludes halogenated alkanes) is 2. The molecule has 0 aliphatic carbocycles. The first kappa shape index (κ1) is 25.3. The van der Waals surface area contributed by atoms with Crippen molar-refractivity contribution in [2.24, 2.45) is 11.7 Å². The summed E-state index contributed by atoms with van der Waals surface area (Å²) in [7, 11) is 0. The van der Waals surface area contributed by atoms with E-state index in [2.05, 4.69) is 25.3 Å². The molecule has 34 heavy (non-hydrogen) atoms. The van der Waals surface area contributed by atoms with Crippen molar-refractivity contribution in [3.8, 4) is 5.75 Å². The van der Waals surface area contributed by atoms with E-state index in [1.807, 2.05) is 4.90 Å². The maximum Gasteiger partial charge on any atom is 0.573 e. The van der Waals surface area contributed by atoms with Crippen LogP contribution in [0.2, 0.25) is 0 Å². The van der Waals surface area contributed by atoms with Crippen LogP contribution in [-0.4, -0.2) is 42.0 Å². The summed E-state index contributed by atoms with van der Waals surface area (Å²) in [6.07, 6.45) is 2.98. The van der Waals surface area contributed by atoms with Crippen LogP contribution in [-0.2, 0) is 0 Å². The number of nitrogens with zero attached hydrogens (tertiary/aromatic N) is 2. The summed E-state index contributed by atoms with van der Waals surface area (Å²) in [6, 6.07) is 4.22. The third kappa shape index (κ3) is 7.65. The molecule has 12 heteroatoms. The molecule has 5 N–H and O–H groups in total. The van der Waals surface area contributed by atoms with Crippen molar-refractivity contribution in [1.82, 2.24) is 9.97 Å². The molecule has 1 aliphatic heterocycles. The van der Waals surface area contributed by atoms with Crippen LogP contribution in [0.3, 0.4) is 0 Å². The summed E-state index contributed by atoms with van der Waals surface area (Å²) in [4.78, 5) is 33.3. The van der Waals surface area contributed by atoms with Crippen LogP contribution < -0.4 is 31.6 Å².